The van der Waals surface area contributed by atoms with Gasteiger partial charge in [-0.1, -0.05) is 23.7 Å². The minimum Gasteiger partial charge on any atom is -0.490 e. The Morgan fingerprint density at radius 1 is 1.18 bits per heavy atom. The average molecular weight is 478 g/mol. The predicted octanol–water partition coefficient (Wildman–Crippen LogP) is 3.97. The smallest absolute Gasteiger partial charge is 0.311 e. The zero-order chi connectivity index (χ0) is 24.8. The van der Waals surface area contributed by atoms with Gasteiger partial charge >= 0.3 is 5.69 Å². The highest BCUT2D eigenvalue weighted by molar-refractivity contribution is 6.30. The summed E-state index contributed by atoms with van der Waals surface area (Å²) >= 11 is 5.95. The van der Waals surface area contributed by atoms with Gasteiger partial charge in [-0.25, -0.2) is 0 Å². The summed E-state index contributed by atoms with van der Waals surface area (Å²) in [5.74, 6) is -0.495. The van der Waals surface area contributed by atoms with Gasteiger partial charge in [-0.2, -0.15) is 0 Å². The molecule has 0 fully saturated rings. The maximum atomic E-state index is 13.1. The zero-order valence-corrected chi connectivity index (χ0v) is 20.0. The Morgan fingerprint density at radius 2 is 1.82 bits per heavy atom. The normalized spacial score (nSPS) is 11.9. The zero-order valence-electron chi connectivity index (χ0n) is 19.3. The van der Waals surface area contributed by atoms with Gasteiger partial charge in [-0.05, 0) is 51.5 Å². The van der Waals surface area contributed by atoms with E-state index in [4.69, 9.17) is 21.1 Å². The Labute approximate surface area is 197 Å². The molecule has 2 aromatic carbocycles. The minimum atomic E-state index is -0.776. The van der Waals surface area contributed by atoms with Gasteiger partial charge in [-0.3, -0.25) is 19.7 Å². The van der Waals surface area contributed by atoms with E-state index in [0.717, 1.165) is 5.56 Å². The Kier molecular flexibility index (Phi) is 8.64. The van der Waals surface area contributed by atoms with Gasteiger partial charge in [0.2, 0.25) is 11.7 Å². The lowest BCUT2D eigenvalue weighted by Crippen LogP contribution is -2.53. The summed E-state index contributed by atoms with van der Waals surface area (Å²) in [5.41, 5.74) is 0.111. The number of nitrogens with one attached hydrogen (secondary N) is 1. The largest absolute Gasteiger partial charge is 0.490 e. The number of halogens is 1. The number of nitro benzene ring substituents is 1. The number of amides is 2. The number of benzene rings is 2. The molecule has 1 atom stereocenters. The van der Waals surface area contributed by atoms with Gasteiger partial charge in [0.25, 0.3) is 5.91 Å². The Hall–Kier alpha value is -3.33. The van der Waals surface area contributed by atoms with Crippen LogP contribution in [0, 0.1) is 10.1 Å². The topological polar surface area (TPSA) is 111 Å². The number of nitro groups is 1. The van der Waals surface area contributed by atoms with E-state index in [0.29, 0.717) is 5.02 Å². The SMILES string of the molecule is COc1cc(OCC(=O)N(Cc2ccc(Cl)cc2)[C@H](C)C(=O)NC(C)(C)C)ccc1[N+](=O)[O-]. The number of ether oxygens (including phenoxy) is 2. The fourth-order valence-corrected chi connectivity index (χ4v) is 3.10. The molecule has 0 aliphatic rings. The van der Waals surface area contributed by atoms with Crippen LogP contribution in [-0.2, 0) is 16.1 Å². The van der Waals surface area contributed by atoms with Crippen molar-refractivity contribution in [2.24, 2.45) is 0 Å². The molecule has 2 rings (SSSR count). The quantitative estimate of drug-likeness (QED) is 0.432. The van der Waals surface area contributed by atoms with Crippen molar-refractivity contribution in [3.05, 3.63) is 63.2 Å². The Bertz CT molecular complexity index is 1000. The molecular formula is C23H28ClN3O6. The van der Waals surface area contributed by atoms with Crippen molar-refractivity contribution in [3.8, 4) is 11.5 Å². The maximum Gasteiger partial charge on any atom is 0.311 e. The molecule has 0 aliphatic carbocycles. The van der Waals surface area contributed by atoms with Crippen molar-refractivity contribution in [1.82, 2.24) is 10.2 Å². The highest BCUT2D eigenvalue weighted by atomic mass is 35.5. The number of carbonyl (C=O) groups excluding carboxylic acids is 2. The van der Waals surface area contributed by atoms with E-state index >= 15 is 0 Å². The third-order valence-electron chi connectivity index (χ3n) is 4.64. The lowest BCUT2D eigenvalue weighted by atomic mass is 10.1. The molecule has 9 nitrogen and oxygen atoms in total. The standard InChI is InChI=1S/C23H28ClN3O6/c1-15(22(29)25-23(2,3)4)26(13-16-6-8-17(24)9-7-16)21(28)14-33-18-10-11-19(27(30)31)20(12-18)32-5/h6-12,15H,13-14H2,1-5H3,(H,25,29)/t15-/m1/s1. The van der Waals surface area contributed by atoms with Crippen LogP contribution in [-0.4, -0.2) is 46.9 Å². The number of hydrogen-bond acceptors (Lipinski definition) is 6. The highest BCUT2D eigenvalue weighted by Crippen LogP contribution is 2.30. The first-order valence-electron chi connectivity index (χ1n) is 10.2. The van der Waals surface area contributed by atoms with Crippen LogP contribution in [0.5, 0.6) is 11.5 Å². The molecule has 0 aromatic heterocycles. The van der Waals surface area contributed by atoms with E-state index in [2.05, 4.69) is 5.32 Å². The van der Waals surface area contributed by atoms with Crippen LogP contribution in [0.1, 0.15) is 33.3 Å². The van der Waals surface area contributed by atoms with Crippen molar-refractivity contribution in [2.75, 3.05) is 13.7 Å². The average Bonchev–Trinajstić information content (AvgIpc) is 2.75. The number of methoxy groups -OCH3 is 1. The molecule has 0 spiro atoms. The molecule has 0 saturated heterocycles. The molecule has 0 unspecified atom stereocenters. The molecule has 0 bridgehead atoms. The van der Waals surface area contributed by atoms with Gasteiger partial charge in [0, 0.05) is 29.2 Å². The second kappa shape index (κ2) is 11.0. The van der Waals surface area contributed by atoms with Crippen molar-refractivity contribution in [3.63, 3.8) is 0 Å². The monoisotopic (exact) mass is 477 g/mol. The molecule has 1 N–H and O–H groups in total. The molecule has 2 amide bonds. The van der Waals surface area contributed by atoms with E-state index < -0.39 is 22.4 Å². The van der Waals surface area contributed by atoms with E-state index in [-0.39, 0.29) is 36.2 Å². The number of nitrogens with zero attached hydrogens (tertiary/aromatic N) is 2. The molecule has 0 aliphatic heterocycles. The number of rotatable bonds is 9. The van der Waals surface area contributed by atoms with Gasteiger partial charge < -0.3 is 19.7 Å². The van der Waals surface area contributed by atoms with Crippen LogP contribution in [0.4, 0.5) is 5.69 Å². The molecule has 33 heavy (non-hydrogen) atoms. The first-order chi connectivity index (χ1) is 15.4. The van der Waals surface area contributed by atoms with Crippen molar-refractivity contribution >= 4 is 29.1 Å². The van der Waals surface area contributed by atoms with Gasteiger partial charge in [0.15, 0.2) is 6.61 Å². The van der Waals surface area contributed by atoms with Crippen molar-refractivity contribution < 1.29 is 24.0 Å². The molecule has 10 heteroatoms. The summed E-state index contributed by atoms with van der Waals surface area (Å²) in [5, 5.41) is 14.5. The minimum absolute atomic E-state index is 0.0147. The summed E-state index contributed by atoms with van der Waals surface area (Å²) in [7, 11) is 1.31. The lowest BCUT2D eigenvalue weighted by molar-refractivity contribution is -0.385. The second-order valence-electron chi connectivity index (χ2n) is 8.44. The van der Waals surface area contributed by atoms with Crippen LogP contribution in [0.2, 0.25) is 5.02 Å². The Morgan fingerprint density at radius 3 is 2.36 bits per heavy atom. The molecular weight excluding hydrogens is 450 g/mol. The lowest BCUT2D eigenvalue weighted by Gasteiger charge is -2.31. The summed E-state index contributed by atoms with van der Waals surface area (Å²) < 4.78 is 10.6. The van der Waals surface area contributed by atoms with E-state index in [1.807, 2.05) is 20.8 Å². The van der Waals surface area contributed by atoms with E-state index in [1.165, 1.54) is 30.2 Å². The summed E-state index contributed by atoms with van der Waals surface area (Å²) in [4.78, 5) is 37.7. The Balaban J connectivity index is 2.21. The van der Waals surface area contributed by atoms with Crippen molar-refractivity contribution in [2.45, 2.75) is 45.8 Å². The van der Waals surface area contributed by atoms with Gasteiger partial charge in [0.1, 0.15) is 11.8 Å². The van der Waals surface area contributed by atoms with Gasteiger partial charge in [0.05, 0.1) is 12.0 Å². The third-order valence-corrected chi connectivity index (χ3v) is 4.89. The maximum absolute atomic E-state index is 13.1. The third kappa shape index (κ3) is 7.64. The summed E-state index contributed by atoms with van der Waals surface area (Å²) in [6.07, 6.45) is 0. The molecule has 0 radical (unpaired) electrons. The first-order valence-corrected chi connectivity index (χ1v) is 10.6. The van der Waals surface area contributed by atoms with Crippen LogP contribution >= 0.6 is 11.6 Å². The van der Waals surface area contributed by atoms with Crippen molar-refractivity contribution in [1.29, 1.82) is 0 Å². The number of hydrogen-bond donors (Lipinski definition) is 1. The summed E-state index contributed by atoms with van der Waals surface area (Å²) in [6, 6.07) is 10.2. The van der Waals surface area contributed by atoms with Crippen LogP contribution in [0.3, 0.4) is 0 Å². The van der Waals surface area contributed by atoms with Crippen LogP contribution in [0.15, 0.2) is 42.5 Å². The molecule has 178 valence electrons. The fraction of sp³-hybridized carbons (Fsp3) is 0.391. The molecule has 0 heterocycles. The second-order valence-corrected chi connectivity index (χ2v) is 8.88. The highest BCUT2D eigenvalue weighted by Gasteiger charge is 2.29. The van der Waals surface area contributed by atoms with Crippen LogP contribution < -0.4 is 14.8 Å². The fourth-order valence-electron chi connectivity index (χ4n) is 2.97. The first kappa shape index (κ1) is 25.9. The van der Waals surface area contributed by atoms with E-state index in [9.17, 15) is 19.7 Å². The number of carbonyl (C=O) groups is 2. The summed E-state index contributed by atoms with van der Waals surface area (Å²) in [6.45, 7) is 7.00. The predicted molar refractivity (Wildman–Crippen MR) is 125 cm³/mol. The molecule has 0 saturated carbocycles. The van der Waals surface area contributed by atoms with Gasteiger partial charge in [-0.15, -0.1) is 0 Å². The van der Waals surface area contributed by atoms with Crippen LogP contribution in [0.25, 0.3) is 0 Å². The van der Waals surface area contributed by atoms with E-state index in [1.54, 1.807) is 31.2 Å². The molecule has 2 aromatic rings.